The number of aromatic amines is 1. The summed E-state index contributed by atoms with van der Waals surface area (Å²) < 4.78 is 0. The molecule has 0 saturated heterocycles. The molecule has 0 amide bonds. The zero-order valence-electron chi connectivity index (χ0n) is 8.89. The molecule has 0 aliphatic carbocycles. The first kappa shape index (κ1) is 10.2. The van der Waals surface area contributed by atoms with E-state index in [9.17, 15) is 4.79 Å². The second-order valence-corrected chi connectivity index (χ2v) is 3.66. The van der Waals surface area contributed by atoms with Crippen molar-refractivity contribution in [2.75, 3.05) is 18.4 Å². The fraction of sp³-hybridized carbons (Fsp3) is 0.600. The van der Waals surface area contributed by atoms with Crippen LogP contribution in [0.4, 0.5) is 5.69 Å². The molecule has 0 atom stereocenters. The van der Waals surface area contributed by atoms with Crippen LogP contribution in [-0.4, -0.2) is 23.3 Å². The van der Waals surface area contributed by atoms with Crippen LogP contribution in [0.3, 0.4) is 0 Å². The normalized spacial score (nSPS) is 14.5. The largest absolute Gasteiger partial charge is 0.383 e. The van der Waals surface area contributed by atoms with Crippen molar-refractivity contribution in [3.8, 4) is 0 Å². The zero-order chi connectivity index (χ0) is 10.7. The first-order valence-corrected chi connectivity index (χ1v) is 5.38. The molecule has 5 heteroatoms. The minimum absolute atomic E-state index is 0.0579. The molecule has 1 aliphatic heterocycles. The van der Waals surface area contributed by atoms with Crippen LogP contribution in [0.1, 0.15) is 24.6 Å². The highest BCUT2D eigenvalue weighted by Crippen LogP contribution is 2.20. The maximum Gasteiger partial charge on any atom is 0.269 e. The Morgan fingerprint density at radius 1 is 1.53 bits per heavy atom. The Morgan fingerprint density at radius 3 is 3.20 bits per heavy atom. The van der Waals surface area contributed by atoms with Crippen LogP contribution in [0.2, 0.25) is 0 Å². The molecule has 15 heavy (non-hydrogen) atoms. The van der Waals surface area contributed by atoms with Gasteiger partial charge in [0, 0.05) is 18.7 Å². The highest BCUT2D eigenvalue weighted by Gasteiger charge is 2.16. The van der Waals surface area contributed by atoms with Crippen molar-refractivity contribution >= 4 is 5.69 Å². The number of nitrogens with zero attached hydrogens (tertiary/aromatic N) is 1. The third-order valence-corrected chi connectivity index (χ3v) is 2.60. The van der Waals surface area contributed by atoms with E-state index < -0.39 is 0 Å². The fourth-order valence-electron chi connectivity index (χ4n) is 1.83. The number of hydrogen-bond donors (Lipinski definition) is 3. The van der Waals surface area contributed by atoms with Crippen molar-refractivity contribution in [2.24, 2.45) is 0 Å². The van der Waals surface area contributed by atoms with Gasteiger partial charge in [0.05, 0.1) is 11.4 Å². The molecule has 1 aromatic heterocycles. The number of nitrogens with one attached hydrogen (secondary N) is 3. The van der Waals surface area contributed by atoms with Gasteiger partial charge in [-0.1, -0.05) is 6.92 Å². The Hall–Kier alpha value is -1.36. The van der Waals surface area contributed by atoms with E-state index >= 15 is 0 Å². The zero-order valence-corrected chi connectivity index (χ0v) is 8.89. The van der Waals surface area contributed by atoms with Crippen molar-refractivity contribution in [1.29, 1.82) is 0 Å². The number of fused-ring (bicyclic) bond motifs is 1. The van der Waals surface area contributed by atoms with Gasteiger partial charge in [0.2, 0.25) is 0 Å². The summed E-state index contributed by atoms with van der Waals surface area (Å²) >= 11 is 0. The predicted molar refractivity (Wildman–Crippen MR) is 59.0 cm³/mol. The first-order valence-electron chi connectivity index (χ1n) is 5.38. The molecule has 1 aliphatic rings. The molecule has 0 bridgehead atoms. The summed E-state index contributed by atoms with van der Waals surface area (Å²) in [6.45, 7) is 4.57. The van der Waals surface area contributed by atoms with E-state index in [-0.39, 0.29) is 5.56 Å². The summed E-state index contributed by atoms with van der Waals surface area (Å²) in [6.07, 6.45) is 1.86. The SMILES string of the molecule is CCNCc1n[nH]c(=O)c2c1NCCC2. The predicted octanol–water partition coefficient (Wildman–Crippen LogP) is 0.237. The molecular formula is C10H16N4O. The third kappa shape index (κ3) is 2.02. The summed E-state index contributed by atoms with van der Waals surface area (Å²) in [7, 11) is 0. The minimum Gasteiger partial charge on any atom is -0.383 e. The van der Waals surface area contributed by atoms with Crippen molar-refractivity contribution in [3.63, 3.8) is 0 Å². The van der Waals surface area contributed by atoms with Crippen molar-refractivity contribution in [3.05, 3.63) is 21.6 Å². The lowest BCUT2D eigenvalue weighted by molar-refractivity contribution is 0.685. The van der Waals surface area contributed by atoms with Crippen LogP contribution in [0.25, 0.3) is 0 Å². The van der Waals surface area contributed by atoms with E-state index in [1.165, 1.54) is 0 Å². The summed E-state index contributed by atoms with van der Waals surface area (Å²) in [5, 5.41) is 13.1. The van der Waals surface area contributed by atoms with Gasteiger partial charge in [0.1, 0.15) is 0 Å². The molecule has 82 valence electrons. The van der Waals surface area contributed by atoms with E-state index in [1.54, 1.807) is 0 Å². The van der Waals surface area contributed by atoms with Crippen molar-refractivity contribution in [1.82, 2.24) is 15.5 Å². The van der Waals surface area contributed by atoms with Gasteiger partial charge in [-0.2, -0.15) is 5.10 Å². The average molecular weight is 208 g/mol. The smallest absolute Gasteiger partial charge is 0.269 e. The van der Waals surface area contributed by atoms with E-state index in [1.807, 2.05) is 6.92 Å². The van der Waals surface area contributed by atoms with Crippen LogP contribution < -0.4 is 16.2 Å². The molecule has 0 fully saturated rings. The van der Waals surface area contributed by atoms with E-state index in [2.05, 4.69) is 20.8 Å². The molecule has 1 aromatic rings. The summed E-state index contributed by atoms with van der Waals surface area (Å²) in [5.41, 5.74) is 2.64. The number of aromatic nitrogens is 2. The number of H-pyrrole nitrogens is 1. The Morgan fingerprint density at radius 2 is 2.40 bits per heavy atom. The van der Waals surface area contributed by atoms with E-state index in [0.717, 1.165) is 42.9 Å². The maximum absolute atomic E-state index is 11.5. The van der Waals surface area contributed by atoms with Crippen LogP contribution in [0.15, 0.2) is 4.79 Å². The van der Waals surface area contributed by atoms with E-state index in [4.69, 9.17) is 0 Å². The van der Waals surface area contributed by atoms with Gasteiger partial charge in [-0.25, -0.2) is 5.10 Å². The molecule has 5 nitrogen and oxygen atoms in total. The van der Waals surface area contributed by atoms with Gasteiger partial charge < -0.3 is 10.6 Å². The molecule has 0 saturated carbocycles. The lowest BCUT2D eigenvalue weighted by Crippen LogP contribution is -2.27. The van der Waals surface area contributed by atoms with Crippen LogP contribution >= 0.6 is 0 Å². The van der Waals surface area contributed by atoms with Gasteiger partial charge in [-0.15, -0.1) is 0 Å². The summed E-state index contributed by atoms with van der Waals surface area (Å²) in [6, 6.07) is 0. The quantitative estimate of drug-likeness (QED) is 0.665. The highest BCUT2D eigenvalue weighted by atomic mass is 16.1. The van der Waals surface area contributed by atoms with Crippen LogP contribution in [0.5, 0.6) is 0 Å². The minimum atomic E-state index is -0.0579. The molecule has 0 unspecified atom stereocenters. The monoisotopic (exact) mass is 208 g/mol. The maximum atomic E-state index is 11.5. The molecule has 0 spiro atoms. The summed E-state index contributed by atoms with van der Waals surface area (Å²) in [5.74, 6) is 0. The van der Waals surface area contributed by atoms with Crippen molar-refractivity contribution < 1.29 is 0 Å². The van der Waals surface area contributed by atoms with Gasteiger partial charge in [-0.05, 0) is 19.4 Å². The Balaban J connectivity index is 2.35. The Labute approximate surface area is 88.3 Å². The number of hydrogen-bond acceptors (Lipinski definition) is 4. The molecule has 2 rings (SSSR count). The Bertz CT molecular complexity index is 399. The van der Waals surface area contributed by atoms with Crippen LogP contribution in [0, 0.1) is 0 Å². The van der Waals surface area contributed by atoms with Gasteiger partial charge in [0.25, 0.3) is 5.56 Å². The van der Waals surface area contributed by atoms with Gasteiger partial charge >= 0.3 is 0 Å². The topological polar surface area (TPSA) is 69.8 Å². The number of anilines is 1. The van der Waals surface area contributed by atoms with Crippen LogP contribution in [-0.2, 0) is 13.0 Å². The first-order chi connectivity index (χ1) is 7.33. The molecule has 0 radical (unpaired) electrons. The standard InChI is InChI=1S/C10H16N4O/c1-2-11-6-8-9-7(4-3-5-12-9)10(15)14-13-8/h11-12H,2-6H2,1H3,(H,14,15). The second kappa shape index (κ2) is 4.44. The van der Waals surface area contributed by atoms with Crippen molar-refractivity contribution in [2.45, 2.75) is 26.3 Å². The third-order valence-electron chi connectivity index (χ3n) is 2.60. The molecular weight excluding hydrogens is 192 g/mol. The fourth-order valence-corrected chi connectivity index (χ4v) is 1.83. The number of rotatable bonds is 3. The van der Waals surface area contributed by atoms with Gasteiger partial charge in [0.15, 0.2) is 0 Å². The Kier molecular flexibility index (Phi) is 3.01. The van der Waals surface area contributed by atoms with E-state index in [0.29, 0.717) is 6.54 Å². The second-order valence-electron chi connectivity index (χ2n) is 3.66. The lowest BCUT2D eigenvalue weighted by Gasteiger charge is -2.19. The average Bonchev–Trinajstić information content (AvgIpc) is 2.29. The highest BCUT2D eigenvalue weighted by molar-refractivity contribution is 5.55. The molecule has 0 aromatic carbocycles. The summed E-state index contributed by atoms with van der Waals surface area (Å²) in [4.78, 5) is 11.5. The molecule has 2 heterocycles. The molecule has 3 N–H and O–H groups in total. The van der Waals surface area contributed by atoms with Gasteiger partial charge in [-0.3, -0.25) is 4.79 Å². The lowest BCUT2D eigenvalue weighted by atomic mass is 10.0.